The molecule has 1 atom stereocenters. The molecule has 1 aliphatic carbocycles. The SMILES string of the molecule is Clc1ccc([C@@H](Sc2nnnn2C2CC2)c2ccccc2)cc1. The molecule has 1 fully saturated rings. The molecule has 4 nitrogen and oxygen atoms in total. The Morgan fingerprint density at radius 2 is 1.70 bits per heavy atom. The fourth-order valence-corrected chi connectivity index (χ4v) is 3.81. The average Bonchev–Trinajstić information content (AvgIpc) is 3.33. The summed E-state index contributed by atoms with van der Waals surface area (Å²) in [7, 11) is 0. The Hall–Kier alpha value is -1.85. The molecule has 0 amide bonds. The largest absolute Gasteiger partial charge is 0.217 e. The minimum Gasteiger partial charge on any atom is -0.217 e. The van der Waals surface area contributed by atoms with Crippen molar-refractivity contribution in [3.05, 3.63) is 70.7 Å². The molecule has 3 aromatic rings. The van der Waals surface area contributed by atoms with Gasteiger partial charge in [0.25, 0.3) is 0 Å². The third-order valence-corrected chi connectivity index (χ3v) is 5.37. The van der Waals surface area contributed by atoms with Crippen molar-refractivity contribution in [2.45, 2.75) is 29.3 Å². The predicted molar refractivity (Wildman–Crippen MR) is 91.7 cm³/mol. The maximum Gasteiger partial charge on any atom is 0.210 e. The van der Waals surface area contributed by atoms with Gasteiger partial charge in [0.05, 0.1) is 11.3 Å². The quantitative estimate of drug-likeness (QED) is 0.638. The van der Waals surface area contributed by atoms with Gasteiger partial charge in [-0.15, -0.1) is 5.10 Å². The zero-order valence-corrected chi connectivity index (χ0v) is 13.9. The van der Waals surface area contributed by atoms with E-state index in [1.165, 1.54) is 11.1 Å². The first-order valence-corrected chi connectivity index (χ1v) is 8.82. The molecule has 1 aliphatic rings. The summed E-state index contributed by atoms with van der Waals surface area (Å²) in [5.74, 6) is 0. The number of tetrazole rings is 1. The van der Waals surface area contributed by atoms with Gasteiger partial charge in [-0.3, -0.25) is 0 Å². The summed E-state index contributed by atoms with van der Waals surface area (Å²) in [6, 6.07) is 18.9. The molecule has 0 bridgehead atoms. The monoisotopic (exact) mass is 342 g/mol. The number of benzene rings is 2. The summed E-state index contributed by atoms with van der Waals surface area (Å²) in [6.45, 7) is 0. The molecule has 1 saturated carbocycles. The molecule has 1 aromatic heterocycles. The molecule has 1 heterocycles. The lowest BCUT2D eigenvalue weighted by Crippen LogP contribution is -2.02. The molecule has 0 saturated heterocycles. The van der Waals surface area contributed by atoms with Crippen molar-refractivity contribution in [3.8, 4) is 0 Å². The molecule has 23 heavy (non-hydrogen) atoms. The normalized spacial score (nSPS) is 15.5. The van der Waals surface area contributed by atoms with Crippen molar-refractivity contribution in [2.75, 3.05) is 0 Å². The Balaban J connectivity index is 1.70. The number of hydrogen-bond donors (Lipinski definition) is 0. The van der Waals surface area contributed by atoms with E-state index in [0.29, 0.717) is 6.04 Å². The molecule has 6 heteroatoms. The second-order valence-corrected chi connectivity index (χ2v) is 7.11. The van der Waals surface area contributed by atoms with Crippen LogP contribution in [0.25, 0.3) is 0 Å². The van der Waals surface area contributed by atoms with E-state index in [-0.39, 0.29) is 5.25 Å². The van der Waals surface area contributed by atoms with Gasteiger partial charge in [0.15, 0.2) is 0 Å². The molecule has 2 aromatic carbocycles. The fourth-order valence-electron chi connectivity index (χ4n) is 2.51. The van der Waals surface area contributed by atoms with Crippen molar-refractivity contribution in [1.82, 2.24) is 20.2 Å². The van der Waals surface area contributed by atoms with Crippen molar-refractivity contribution in [2.24, 2.45) is 0 Å². The van der Waals surface area contributed by atoms with E-state index in [0.717, 1.165) is 23.0 Å². The van der Waals surface area contributed by atoms with Crippen LogP contribution < -0.4 is 0 Å². The Bertz CT molecular complexity index is 784. The predicted octanol–water partition coefficient (Wildman–Crippen LogP) is 4.54. The number of nitrogens with zero attached hydrogens (tertiary/aromatic N) is 4. The van der Waals surface area contributed by atoms with Crippen LogP contribution in [0.2, 0.25) is 5.02 Å². The summed E-state index contributed by atoms with van der Waals surface area (Å²) < 4.78 is 1.95. The zero-order chi connectivity index (χ0) is 15.6. The Kier molecular flexibility index (Phi) is 4.06. The summed E-state index contributed by atoms with van der Waals surface area (Å²) in [5.41, 5.74) is 2.42. The van der Waals surface area contributed by atoms with Crippen LogP contribution in [0.15, 0.2) is 59.8 Å². The summed E-state index contributed by atoms with van der Waals surface area (Å²) in [6.07, 6.45) is 2.32. The van der Waals surface area contributed by atoms with Crippen LogP contribution in [-0.4, -0.2) is 20.2 Å². The van der Waals surface area contributed by atoms with E-state index in [4.69, 9.17) is 11.6 Å². The topological polar surface area (TPSA) is 43.6 Å². The lowest BCUT2D eigenvalue weighted by atomic mass is 10.0. The van der Waals surface area contributed by atoms with Crippen LogP contribution in [0, 0.1) is 0 Å². The van der Waals surface area contributed by atoms with Gasteiger partial charge in [-0.25, -0.2) is 4.68 Å². The summed E-state index contributed by atoms with van der Waals surface area (Å²) >= 11 is 7.72. The standard InChI is InChI=1S/C17H15ClN4S/c18-14-8-6-13(7-9-14)16(12-4-2-1-3-5-12)23-17-19-20-21-22(17)15-10-11-15/h1-9,15-16H,10-11H2/t16-/m0/s1. The summed E-state index contributed by atoms with van der Waals surface area (Å²) in [4.78, 5) is 0. The van der Waals surface area contributed by atoms with E-state index in [1.54, 1.807) is 11.8 Å². The van der Waals surface area contributed by atoms with Gasteiger partial charge in [0.1, 0.15) is 0 Å². The van der Waals surface area contributed by atoms with Crippen molar-refractivity contribution < 1.29 is 0 Å². The number of rotatable bonds is 5. The van der Waals surface area contributed by atoms with Crippen molar-refractivity contribution in [3.63, 3.8) is 0 Å². The Morgan fingerprint density at radius 1 is 1.00 bits per heavy atom. The van der Waals surface area contributed by atoms with E-state index in [1.807, 2.05) is 22.9 Å². The smallest absolute Gasteiger partial charge is 0.210 e. The maximum absolute atomic E-state index is 6.04. The molecule has 0 aliphatic heterocycles. The number of aromatic nitrogens is 4. The molecule has 0 unspecified atom stereocenters. The van der Waals surface area contributed by atoms with Crippen LogP contribution >= 0.6 is 23.4 Å². The third-order valence-electron chi connectivity index (χ3n) is 3.85. The van der Waals surface area contributed by atoms with Crippen molar-refractivity contribution >= 4 is 23.4 Å². The minimum absolute atomic E-state index is 0.136. The van der Waals surface area contributed by atoms with E-state index in [9.17, 15) is 0 Å². The highest BCUT2D eigenvalue weighted by Gasteiger charge is 2.29. The third kappa shape index (κ3) is 3.26. The van der Waals surface area contributed by atoms with Gasteiger partial charge in [-0.2, -0.15) is 0 Å². The zero-order valence-electron chi connectivity index (χ0n) is 12.3. The first-order valence-electron chi connectivity index (χ1n) is 7.56. The minimum atomic E-state index is 0.136. The molecular formula is C17H15ClN4S. The molecule has 4 rings (SSSR count). The number of thioether (sulfide) groups is 1. The van der Waals surface area contributed by atoms with Gasteiger partial charge < -0.3 is 0 Å². The van der Waals surface area contributed by atoms with Crippen molar-refractivity contribution in [1.29, 1.82) is 0 Å². The Morgan fingerprint density at radius 3 is 2.39 bits per heavy atom. The van der Waals surface area contributed by atoms with E-state index < -0.39 is 0 Å². The maximum atomic E-state index is 6.04. The highest BCUT2D eigenvalue weighted by molar-refractivity contribution is 7.99. The fraction of sp³-hybridized carbons (Fsp3) is 0.235. The van der Waals surface area contributed by atoms with Crippen LogP contribution in [0.3, 0.4) is 0 Å². The van der Waals surface area contributed by atoms with Gasteiger partial charge in [0.2, 0.25) is 5.16 Å². The molecular weight excluding hydrogens is 328 g/mol. The van der Waals surface area contributed by atoms with Gasteiger partial charge in [-0.05, 0) is 46.5 Å². The van der Waals surface area contributed by atoms with Gasteiger partial charge in [0, 0.05) is 5.02 Å². The van der Waals surface area contributed by atoms with Gasteiger partial charge >= 0.3 is 0 Å². The van der Waals surface area contributed by atoms with E-state index in [2.05, 4.69) is 51.9 Å². The molecule has 0 N–H and O–H groups in total. The Labute approximate surface area is 143 Å². The lowest BCUT2D eigenvalue weighted by Gasteiger charge is -2.17. The van der Waals surface area contributed by atoms with E-state index >= 15 is 0 Å². The van der Waals surface area contributed by atoms with Crippen LogP contribution in [0.1, 0.15) is 35.3 Å². The number of hydrogen-bond acceptors (Lipinski definition) is 4. The van der Waals surface area contributed by atoms with Crippen LogP contribution in [-0.2, 0) is 0 Å². The van der Waals surface area contributed by atoms with Crippen LogP contribution in [0.4, 0.5) is 0 Å². The highest BCUT2D eigenvalue weighted by atomic mass is 35.5. The lowest BCUT2D eigenvalue weighted by molar-refractivity contribution is 0.565. The van der Waals surface area contributed by atoms with Crippen LogP contribution in [0.5, 0.6) is 0 Å². The summed E-state index contributed by atoms with van der Waals surface area (Å²) in [5, 5.41) is 14.0. The van der Waals surface area contributed by atoms with Gasteiger partial charge in [-0.1, -0.05) is 65.8 Å². The number of halogens is 1. The first kappa shape index (κ1) is 14.7. The molecule has 0 spiro atoms. The second-order valence-electron chi connectivity index (χ2n) is 5.60. The first-order chi connectivity index (χ1) is 11.3. The molecule has 116 valence electrons. The second kappa shape index (κ2) is 6.34. The highest BCUT2D eigenvalue weighted by Crippen LogP contribution is 2.43. The average molecular weight is 343 g/mol. The molecule has 0 radical (unpaired) electrons.